The van der Waals surface area contributed by atoms with Crippen LogP contribution in [0.25, 0.3) is 0 Å². The molecule has 0 radical (unpaired) electrons. The van der Waals surface area contributed by atoms with Crippen LogP contribution in [0.3, 0.4) is 0 Å². The van der Waals surface area contributed by atoms with E-state index in [-0.39, 0.29) is 0 Å². The van der Waals surface area contributed by atoms with Gasteiger partial charge in [-0.1, -0.05) is 0 Å². The van der Waals surface area contributed by atoms with Crippen molar-refractivity contribution in [1.82, 2.24) is 4.57 Å². The molecule has 0 spiro atoms. The van der Waals surface area contributed by atoms with Crippen LogP contribution in [-0.2, 0) is 24.8 Å². The minimum atomic E-state index is 0.638. The maximum absolute atomic E-state index is 5.50. The van der Waals surface area contributed by atoms with Gasteiger partial charge in [-0.25, -0.2) is 0 Å². The molecule has 0 aromatic carbocycles. The van der Waals surface area contributed by atoms with Gasteiger partial charge in [0.15, 0.2) is 0 Å². The predicted molar refractivity (Wildman–Crippen MR) is 56.6 cm³/mol. The van der Waals surface area contributed by atoms with Crippen LogP contribution in [0.2, 0.25) is 0 Å². The number of methoxy groups -OCH3 is 1. The minimum Gasteiger partial charge on any atom is -0.380 e. The molecule has 0 amide bonds. The molecule has 0 saturated carbocycles. The van der Waals surface area contributed by atoms with Crippen molar-refractivity contribution in [2.45, 2.75) is 13.0 Å². The summed E-state index contributed by atoms with van der Waals surface area (Å²) in [7, 11) is 3.72. The molecule has 2 N–H and O–H groups in total. The first-order valence-electron chi connectivity index (χ1n) is 4.22. The standard InChI is InChI=1S/C9H15BrN2O/c1-12-8(3-4-11)5-7(6-13-2)9(12)10/h5H,3-4,6,11H2,1-2H3. The normalized spacial score (nSPS) is 10.8. The van der Waals surface area contributed by atoms with Gasteiger partial charge in [-0.05, 0) is 35.0 Å². The molecular weight excluding hydrogens is 232 g/mol. The number of nitrogens with two attached hydrogens (primary N) is 1. The number of nitrogens with zero attached hydrogens (tertiary/aromatic N) is 1. The molecule has 0 atom stereocenters. The van der Waals surface area contributed by atoms with E-state index in [1.54, 1.807) is 7.11 Å². The Morgan fingerprint density at radius 2 is 2.31 bits per heavy atom. The van der Waals surface area contributed by atoms with Gasteiger partial charge in [-0.2, -0.15) is 0 Å². The van der Waals surface area contributed by atoms with Crippen LogP contribution < -0.4 is 5.73 Å². The van der Waals surface area contributed by atoms with Crippen LogP contribution in [0.1, 0.15) is 11.3 Å². The monoisotopic (exact) mass is 246 g/mol. The Morgan fingerprint density at radius 3 is 2.85 bits per heavy atom. The summed E-state index contributed by atoms with van der Waals surface area (Å²) >= 11 is 3.51. The molecule has 0 unspecified atom stereocenters. The van der Waals surface area contributed by atoms with E-state index in [0.717, 1.165) is 11.0 Å². The SMILES string of the molecule is COCc1cc(CCN)n(C)c1Br. The molecule has 0 aliphatic heterocycles. The van der Waals surface area contributed by atoms with Crippen LogP contribution >= 0.6 is 15.9 Å². The first-order valence-corrected chi connectivity index (χ1v) is 5.02. The van der Waals surface area contributed by atoms with Crippen molar-refractivity contribution in [2.75, 3.05) is 13.7 Å². The minimum absolute atomic E-state index is 0.638. The molecular formula is C9H15BrN2O. The second kappa shape index (κ2) is 4.79. The largest absolute Gasteiger partial charge is 0.380 e. The van der Waals surface area contributed by atoms with E-state index < -0.39 is 0 Å². The zero-order chi connectivity index (χ0) is 9.84. The van der Waals surface area contributed by atoms with E-state index in [4.69, 9.17) is 10.5 Å². The van der Waals surface area contributed by atoms with Crippen molar-refractivity contribution in [3.63, 3.8) is 0 Å². The van der Waals surface area contributed by atoms with Crippen molar-refractivity contribution in [3.05, 3.63) is 21.9 Å². The summed E-state index contributed by atoms with van der Waals surface area (Å²) in [6.45, 7) is 1.32. The number of hydrogen-bond donors (Lipinski definition) is 1. The summed E-state index contributed by atoms with van der Waals surface area (Å²) in [4.78, 5) is 0. The number of rotatable bonds is 4. The Balaban J connectivity index is 2.90. The summed E-state index contributed by atoms with van der Waals surface area (Å²) in [5, 5.41) is 0. The maximum Gasteiger partial charge on any atom is 0.0901 e. The Labute approximate surface area is 87.0 Å². The summed E-state index contributed by atoms with van der Waals surface area (Å²) in [6.07, 6.45) is 0.902. The smallest absolute Gasteiger partial charge is 0.0901 e. The zero-order valence-electron chi connectivity index (χ0n) is 8.01. The maximum atomic E-state index is 5.50. The number of ether oxygens (including phenoxy) is 1. The summed E-state index contributed by atoms with van der Waals surface area (Å²) in [6, 6.07) is 2.13. The molecule has 0 aliphatic carbocycles. The van der Waals surface area contributed by atoms with Gasteiger partial charge < -0.3 is 15.0 Å². The summed E-state index contributed by atoms with van der Waals surface area (Å²) in [5.41, 5.74) is 7.91. The third-order valence-electron chi connectivity index (χ3n) is 2.03. The molecule has 0 saturated heterocycles. The lowest BCUT2D eigenvalue weighted by Crippen LogP contribution is -2.06. The van der Waals surface area contributed by atoms with Crippen LogP contribution in [0.15, 0.2) is 10.7 Å². The quantitative estimate of drug-likeness (QED) is 0.874. The first kappa shape index (κ1) is 10.8. The van der Waals surface area contributed by atoms with Gasteiger partial charge in [0.25, 0.3) is 0 Å². The fraction of sp³-hybridized carbons (Fsp3) is 0.556. The molecule has 1 aromatic rings. The van der Waals surface area contributed by atoms with Crippen molar-refractivity contribution >= 4 is 15.9 Å². The van der Waals surface area contributed by atoms with Crippen molar-refractivity contribution in [3.8, 4) is 0 Å². The lowest BCUT2D eigenvalue weighted by molar-refractivity contribution is 0.184. The van der Waals surface area contributed by atoms with Gasteiger partial charge in [-0.3, -0.25) is 0 Å². The van der Waals surface area contributed by atoms with Crippen LogP contribution in [0, 0.1) is 0 Å². The molecule has 0 bridgehead atoms. The van der Waals surface area contributed by atoms with Gasteiger partial charge in [0.1, 0.15) is 0 Å². The highest BCUT2D eigenvalue weighted by molar-refractivity contribution is 9.10. The Bertz CT molecular complexity index is 257. The topological polar surface area (TPSA) is 40.2 Å². The molecule has 0 aliphatic rings. The first-order chi connectivity index (χ1) is 6.20. The summed E-state index contributed by atoms with van der Waals surface area (Å²) in [5.74, 6) is 0. The van der Waals surface area contributed by atoms with E-state index in [1.165, 1.54) is 11.3 Å². The molecule has 0 fully saturated rings. The van der Waals surface area contributed by atoms with Crippen molar-refractivity contribution in [2.24, 2.45) is 12.8 Å². The van der Waals surface area contributed by atoms with E-state index in [0.29, 0.717) is 13.2 Å². The molecule has 4 heteroatoms. The average molecular weight is 247 g/mol. The second-order valence-corrected chi connectivity index (χ2v) is 3.73. The molecule has 13 heavy (non-hydrogen) atoms. The van der Waals surface area contributed by atoms with Crippen molar-refractivity contribution < 1.29 is 4.74 Å². The predicted octanol–water partition coefficient (Wildman–Crippen LogP) is 1.44. The van der Waals surface area contributed by atoms with Crippen molar-refractivity contribution in [1.29, 1.82) is 0 Å². The van der Waals surface area contributed by atoms with Gasteiger partial charge in [-0.15, -0.1) is 0 Å². The van der Waals surface area contributed by atoms with E-state index in [9.17, 15) is 0 Å². The lowest BCUT2D eigenvalue weighted by Gasteiger charge is -2.01. The molecule has 74 valence electrons. The molecule has 1 rings (SSSR count). The average Bonchev–Trinajstić information content (AvgIpc) is 2.36. The van der Waals surface area contributed by atoms with Crippen LogP contribution in [-0.4, -0.2) is 18.2 Å². The highest BCUT2D eigenvalue weighted by Gasteiger charge is 2.08. The fourth-order valence-electron chi connectivity index (χ4n) is 1.34. The van der Waals surface area contributed by atoms with E-state index in [2.05, 4.69) is 26.6 Å². The molecule has 3 nitrogen and oxygen atoms in total. The van der Waals surface area contributed by atoms with E-state index in [1.807, 2.05) is 7.05 Å². The van der Waals surface area contributed by atoms with E-state index >= 15 is 0 Å². The van der Waals surface area contributed by atoms with Crippen LogP contribution in [0.5, 0.6) is 0 Å². The number of aromatic nitrogens is 1. The highest BCUT2D eigenvalue weighted by atomic mass is 79.9. The Morgan fingerprint density at radius 1 is 1.62 bits per heavy atom. The summed E-state index contributed by atoms with van der Waals surface area (Å²) < 4.78 is 8.26. The van der Waals surface area contributed by atoms with Gasteiger partial charge in [0.2, 0.25) is 0 Å². The third kappa shape index (κ3) is 2.33. The number of hydrogen-bond acceptors (Lipinski definition) is 2. The van der Waals surface area contributed by atoms with Gasteiger partial charge in [0, 0.05) is 25.4 Å². The Hall–Kier alpha value is -0.320. The number of halogens is 1. The molecule has 1 aromatic heterocycles. The molecule has 1 heterocycles. The zero-order valence-corrected chi connectivity index (χ0v) is 9.60. The van der Waals surface area contributed by atoms with Gasteiger partial charge >= 0.3 is 0 Å². The highest BCUT2D eigenvalue weighted by Crippen LogP contribution is 2.21. The second-order valence-electron chi connectivity index (χ2n) is 2.98. The van der Waals surface area contributed by atoms with Crippen LogP contribution in [0.4, 0.5) is 0 Å². The Kier molecular flexibility index (Phi) is 3.96. The lowest BCUT2D eigenvalue weighted by atomic mass is 10.3. The fourth-order valence-corrected chi connectivity index (χ4v) is 1.80. The third-order valence-corrected chi connectivity index (χ3v) is 3.07. The van der Waals surface area contributed by atoms with Gasteiger partial charge in [0.05, 0.1) is 11.2 Å².